The van der Waals surface area contributed by atoms with Crippen molar-refractivity contribution in [2.45, 2.75) is 11.4 Å². The van der Waals surface area contributed by atoms with Gasteiger partial charge in [0.15, 0.2) is 0 Å². The first-order chi connectivity index (χ1) is 15.5. The normalized spacial score (nSPS) is 11.2. The van der Waals surface area contributed by atoms with Gasteiger partial charge in [0.25, 0.3) is 15.9 Å². The molecule has 32 heavy (non-hydrogen) atoms. The van der Waals surface area contributed by atoms with Crippen LogP contribution in [0.3, 0.4) is 0 Å². The number of rotatable bonds is 7. The van der Waals surface area contributed by atoms with Crippen molar-refractivity contribution in [3.63, 3.8) is 0 Å². The number of nitrogens with one attached hydrogen (secondary N) is 2. The molecule has 0 heterocycles. The Kier molecular flexibility index (Phi) is 6.09. The number of anilines is 1. The molecule has 0 aliphatic heterocycles. The first kappa shape index (κ1) is 21.4. The third kappa shape index (κ3) is 4.73. The Balaban J connectivity index is 1.57. The van der Waals surface area contributed by atoms with E-state index in [0.717, 1.165) is 16.3 Å². The molecule has 0 saturated heterocycles. The molecule has 0 atom stereocenters. The second-order valence-electron chi connectivity index (χ2n) is 7.19. The fourth-order valence-corrected chi connectivity index (χ4v) is 4.46. The van der Waals surface area contributed by atoms with Gasteiger partial charge in [-0.2, -0.15) is 0 Å². The van der Waals surface area contributed by atoms with Gasteiger partial charge in [0.1, 0.15) is 5.75 Å². The number of hydrogen-bond donors (Lipinski definition) is 2. The summed E-state index contributed by atoms with van der Waals surface area (Å²) in [6.45, 7) is 0.342. The van der Waals surface area contributed by atoms with E-state index in [1.54, 1.807) is 55.6 Å². The molecule has 0 aliphatic carbocycles. The Bertz CT molecular complexity index is 1370. The Morgan fingerprint density at radius 2 is 1.53 bits per heavy atom. The summed E-state index contributed by atoms with van der Waals surface area (Å²) < 4.78 is 33.9. The third-order valence-electron chi connectivity index (χ3n) is 5.04. The van der Waals surface area contributed by atoms with Crippen LogP contribution in [0.25, 0.3) is 10.8 Å². The van der Waals surface area contributed by atoms with Crippen molar-refractivity contribution >= 4 is 32.4 Å². The van der Waals surface area contributed by atoms with E-state index in [0.29, 0.717) is 12.3 Å². The van der Waals surface area contributed by atoms with Gasteiger partial charge in [-0.25, -0.2) is 8.42 Å². The molecule has 0 unspecified atom stereocenters. The zero-order valence-corrected chi connectivity index (χ0v) is 18.2. The van der Waals surface area contributed by atoms with E-state index in [4.69, 9.17) is 4.74 Å². The quantitative estimate of drug-likeness (QED) is 0.435. The lowest BCUT2D eigenvalue weighted by atomic mass is 10.1. The lowest BCUT2D eigenvalue weighted by Gasteiger charge is -2.13. The van der Waals surface area contributed by atoms with Gasteiger partial charge in [-0.3, -0.25) is 9.52 Å². The summed E-state index contributed by atoms with van der Waals surface area (Å²) in [5.74, 6) is 0.333. The molecular formula is C25H22N2O4S. The molecule has 4 rings (SSSR count). The number of sulfonamides is 1. The van der Waals surface area contributed by atoms with Crippen molar-refractivity contribution in [2.24, 2.45) is 0 Å². The number of carbonyl (C=O) groups excluding carboxylic acids is 1. The SMILES string of the molecule is COc1ccc2cc(S(=O)(=O)Nc3ccccc3C(=O)NCc3ccccc3)ccc2c1. The third-order valence-corrected chi connectivity index (χ3v) is 6.40. The van der Waals surface area contributed by atoms with Crippen LogP contribution in [0.15, 0.2) is 95.9 Å². The number of ether oxygens (including phenoxy) is 1. The maximum atomic E-state index is 13.1. The first-order valence-corrected chi connectivity index (χ1v) is 11.5. The lowest BCUT2D eigenvalue weighted by Crippen LogP contribution is -2.25. The molecule has 0 aliphatic rings. The zero-order chi connectivity index (χ0) is 22.6. The highest BCUT2D eigenvalue weighted by atomic mass is 32.2. The molecule has 0 radical (unpaired) electrons. The Morgan fingerprint density at radius 3 is 2.31 bits per heavy atom. The summed E-state index contributed by atoms with van der Waals surface area (Å²) in [7, 11) is -2.32. The molecule has 162 valence electrons. The number of amides is 1. The summed E-state index contributed by atoms with van der Waals surface area (Å²) in [6, 6.07) is 26.3. The highest BCUT2D eigenvalue weighted by Gasteiger charge is 2.19. The summed E-state index contributed by atoms with van der Waals surface area (Å²) in [5.41, 5.74) is 1.41. The number of methoxy groups -OCH3 is 1. The summed E-state index contributed by atoms with van der Waals surface area (Å²) in [4.78, 5) is 12.8. The fourth-order valence-electron chi connectivity index (χ4n) is 3.34. The molecular weight excluding hydrogens is 424 g/mol. The van der Waals surface area contributed by atoms with Crippen LogP contribution in [0, 0.1) is 0 Å². The average molecular weight is 447 g/mol. The van der Waals surface area contributed by atoms with Crippen molar-refractivity contribution in [2.75, 3.05) is 11.8 Å². The molecule has 7 heteroatoms. The van der Waals surface area contributed by atoms with Crippen LogP contribution in [0.4, 0.5) is 5.69 Å². The Labute approximate surface area is 186 Å². The molecule has 0 saturated carbocycles. The molecule has 2 N–H and O–H groups in total. The fraction of sp³-hybridized carbons (Fsp3) is 0.0800. The van der Waals surface area contributed by atoms with Crippen LogP contribution in [-0.2, 0) is 16.6 Å². The first-order valence-electron chi connectivity index (χ1n) is 9.98. The number of carbonyl (C=O) groups is 1. The minimum atomic E-state index is -3.90. The molecule has 4 aromatic rings. The predicted octanol–water partition coefficient (Wildman–Crippen LogP) is 4.58. The summed E-state index contributed by atoms with van der Waals surface area (Å²) >= 11 is 0. The average Bonchev–Trinajstić information content (AvgIpc) is 2.82. The van der Waals surface area contributed by atoms with E-state index in [1.807, 2.05) is 36.4 Å². The van der Waals surface area contributed by atoms with Gasteiger partial charge in [0, 0.05) is 6.54 Å². The minimum absolute atomic E-state index is 0.106. The van der Waals surface area contributed by atoms with Crippen molar-refractivity contribution in [1.82, 2.24) is 5.32 Å². The van der Waals surface area contributed by atoms with E-state index in [1.165, 1.54) is 6.07 Å². The van der Waals surface area contributed by atoms with Crippen molar-refractivity contribution in [1.29, 1.82) is 0 Å². The van der Waals surface area contributed by atoms with Gasteiger partial charge >= 0.3 is 0 Å². The van der Waals surface area contributed by atoms with Crippen LogP contribution in [0.1, 0.15) is 15.9 Å². The van der Waals surface area contributed by atoms with Crippen molar-refractivity contribution < 1.29 is 17.9 Å². The highest BCUT2D eigenvalue weighted by molar-refractivity contribution is 7.92. The molecule has 0 spiro atoms. The highest BCUT2D eigenvalue weighted by Crippen LogP contribution is 2.26. The smallest absolute Gasteiger partial charge is 0.261 e. The van der Waals surface area contributed by atoms with Crippen LogP contribution < -0.4 is 14.8 Å². The second-order valence-corrected chi connectivity index (χ2v) is 8.88. The maximum absolute atomic E-state index is 13.1. The van der Waals surface area contributed by atoms with Crippen LogP contribution in [-0.4, -0.2) is 21.4 Å². The van der Waals surface area contributed by atoms with E-state index in [9.17, 15) is 13.2 Å². The largest absolute Gasteiger partial charge is 0.497 e. The number of fused-ring (bicyclic) bond motifs is 1. The molecule has 0 aromatic heterocycles. The molecule has 6 nitrogen and oxygen atoms in total. The van der Waals surface area contributed by atoms with E-state index in [2.05, 4.69) is 10.0 Å². The number of benzene rings is 4. The van der Waals surface area contributed by atoms with E-state index in [-0.39, 0.29) is 22.1 Å². The molecule has 0 fully saturated rings. The maximum Gasteiger partial charge on any atom is 0.261 e. The van der Waals surface area contributed by atoms with Gasteiger partial charge in [0.05, 0.1) is 23.3 Å². The molecule has 4 aromatic carbocycles. The van der Waals surface area contributed by atoms with Crippen LogP contribution in [0.5, 0.6) is 5.75 Å². The van der Waals surface area contributed by atoms with E-state index < -0.39 is 10.0 Å². The standard InChI is InChI=1S/C25H22N2O4S/c1-31-21-13-11-20-16-22(14-12-19(20)15-21)32(29,30)27-24-10-6-5-9-23(24)25(28)26-17-18-7-3-2-4-8-18/h2-16,27H,17H2,1H3,(H,26,28). The minimum Gasteiger partial charge on any atom is -0.497 e. The summed E-state index contributed by atoms with van der Waals surface area (Å²) in [6.07, 6.45) is 0. The number of hydrogen-bond acceptors (Lipinski definition) is 4. The van der Waals surface area contributed by atoms with Gasteiger partial charge in [-0.05, 0) is 52.7 Å². The topological polar surface area (TPSA) is 84.5 Å². The number of para-hydroxylation sites is 1. The van der Waals surface area contributed by atoms with Gasteiger partial charge < -0.3 is 10.1 Å². The van der Waals surface area contributed by atoms with Crippen LogP contribution in [0.2, 0.25) is 0 Å². The Morgan fingerprint density at radius 1 is 0.844 bits per heavy atom. The molecule has 0 bridgehead atoms. The lowest BCUT2D eigenvalue weighted by molar-refractivity contribution is 0.0952. The van der Waals surface area contributed by atoms with E-state index >= 15 is 0 Å². The van der Waals surface area contributed by atoms with Gasteiger partial charge in [-0.1, -0.05) is 54.6 Å². The van der Waals surface area contributed by atoms with Crippen molar-refractivity contribution in [3.8, 4) is 5.75 Å². The monoisotopic (exact) mass is 446 g/mol. The van der Waals surface area contributed by atoms with Crippen molar-refractivity contribution in [3.05, 3.63) is 102 Å². The van der Waals surface area contributed by atoms with Gasteiger partial charge in [0.2, 0.25) is 0 Å². The van der Waals surface area contributed by atoms with Crippen LogP contribution >= 0.6 is 0 Å². The second kappa shape index (κ2) is 9.11. The molecule has 1 amide bonds. The van der Waals surface area contributed by atoms with Gasteiger partial charge in [-0.15, -0.1) is 0 Å². The summed E-state index contributed by atoms with van der Waals surface area (Å²) in [5, 5.41) is 4.46. The zero-order valence-electron chi connectivity index (χ0n) is 17.4. The predicted molar refractivity (Wildman–Crippen MR) is 125 cm³/mol. The Hall–Kier alpha value is -3.84.